The molecule has 0 saturated heterocycles. The summed E-state index contributed by atoms with van der Waals surface area (Å²) in [7, 11) is 0. The first-order chi connectivity index (χ1) is 6.49. The minimum atomic E-state index is -0.138. The van der Waals surface area contributed by atoms with Crippen LogP contribution >= 0.6 is 0 Å². The fourth-order valence-electron chi connectivity index (χ4n) is 0.802. The van der Waals surface area contributed by atoms with Crippen molar-refractivity contribution in [1.29, 1.82) is 0 Å². The number of carbonyl (C=O) groups is 1. The molecule has 0 aromatic rings. The summed E-state index contributed by atoms with van der Waals surface area (Å²) in [5.41, 5.74) is 1.76. The van der Waals surface area contributed by atoms with Crippen molar-refractivity contribution in [2.75, 3.05) is 0 Å². The molecule has 0 aliphatic heterocycles. The third-order valence-electron chi connectivity index (χ3n) is 1.52. The summed E-state index contributed by atoms with van der Waals surface area (Å²) in [5, 5.41) is 0. The van der Waals surface area contributed by atoms with Crippen LogP contribution in [0.2, 0.25) is 0 Å². The van der Waals surface area contributed by atoms with Gasteiger partial charge in [0.15, 0.2) is 5.78 Å². The van der Waals surface area contributed by atoms with Crippen LogP contribution in [0, 0.1) is 0 Å². The van der Waals surface area contributed by atoms with Crippen LogP contribution in [-0.4, -0.2) is 5.78 Å². The second kappa shape index (κ2) is 5.92. The Bertz CT molecular complexity index is 327. The van der Waals surface area contributed by atoms with Crippen molar-refractivity contribution in [2.24, 2.45) is 0 Å². The second-order valence-electron chi connectivity index (χ2n) is 3.06. The Kier molecular flexibility index (Phi) is 5.23. The van der Waals surface area contributed by atoms with Crippen molar-refractivity contribution < 1.29 is 4.79 Å². The molecule has 0 aromatic carbocycles. The summed E-state index contributed by atoms with van der Waals surface area (Å²) in [6.07, 6.45) is 6.85. The van der Waals surface area contributed by atoms with Crippen LogP contribution in [0.25, 0.3) is 0 Å². The van der Waals surface area contributed by atoms with Crippen molar-refractivity contribution in [3.05, 3.63) is 60.8 Å². The Hall–Kier alpha value is -1.63. The third kappa shape index (κ3) is 4.41. The first-order valence-corrected chi connectivity index (χ1v) is 4.37. The first-order valence-electron chi connectivity index (χ1n) is 4.37. The lowest BCUT2D eigenvalue weighted by Gasteiger charge is -1.98. The van der Waals surface area contributed by atoms with E-state index in [1.807, 2.05) is 13.8 Å². The molecular formula is C13H16O. The van der Waals surface area contributed by atoms with Crippen molar-refractivity contribution in [1.82, 2.24) is 0 Å². The molecule has 0 aliphatic rings. The number of ketones is 1. The third-order valence-corrected chi connectivity index (χ3v) is 1.52. The fraction of sp³-hybridized carbons (Fsp3) is 0.154. The Balaban J connectivity index is 4.49. The highest BCUT2D eigenvalue weighted by Gasteiger charge is 2.05. The molecule has 1 heteroatoms. The molecule has 0 heterocycles. The zero-order valence-electron chi connectivity index (χ0n) is 8.84. The lowest BCUT2D eigenvalue weighted by molar-refractivity contribution is -0.111. The van der Waals surface area contributed by atoms with Gasteiger partial charge in [-0.1, -0.05) is 49.6 Å². The Morgan fingerprint density at radius 1 is 1.00 bits per heavy atom. The minimum Gasteiger partial charge on any atom is -0.289 e. The Labute approximate surface area is 85.8 Å². The van der Waals surface area contributed by atoms with Crippen LogP contribution < -0.4 is 0 Å². The summed E-state index contributed by atoms with van der Waals surface area (Å²) in [6, 6.07) is 0. The SMILES string of the molecule is C=C(C)/C=C\C(=C)C(=O)C(=C)/C=C\C. The van der Waals surface area contributed by atoms with Gasteiger partial charge < -0.3 is 0 Å². The van der Waals surface area contributed by atoms with Gasteiger partial charge in [-0.2, -0.15) is 0 Å². The molecule has 0 radical (unpaired) electrons. The molecule has 0 bridgehead atoms. The fourth-order valence-corrected chi connectivity index (χ4v) is 0.802. The van der Waals surface area contributed by atoms with Crippen LogP contribution in [0.3, 0.4) is 0 Å². The van der Waals surface area contributed by atoms with Gasteiger partial charge in [-0.15, -0.1) is 0 Å². The Morgan fingerprint density at radius 2 is 1.50 bits per heavy atom. The highest BCUT2D eigenvalue weighted by atomic mass is 16.1. The standard InChI is InChI=1S/C13H16O/c1-6-7-11(4)13(14)12(5)9-8-10(2)3/h6-9H,2,4-5H2,1,3H3/b7-6-,9-8-. The highest BCUT2D eigenvalue weighted by Crippen LogP contribution is 2.06. The zero-order valence-corrected chi connectivity index (χ0v) is 8.84. The van der Waals surface area contributed by atoms with E-state index in [9.17, 15) is 4.79 Å². The number of hydrogen-bond acceptors (Lipinski definition) is 1. The van der Waals surface area contributed by atoms with Gasteiger partial charge in [0.1, 0.15) is 0 Å². The van der Waals surface area contributed by atoms with E-state index >= 15 is 0 Å². The van der Waals surface area contributed by atoms with Crippen LogP contribution in [0.15, 0.2) is 60.8 Å². The molecule has 0 atom stereocenters. The molecule has 0 aromatic heterocycles. The van der Waals surface area contributed by atoms with Crippen molar-refractivity contribution in [3.8, 4) is 0 Å². The lowest BCUT2D eigenvalue weighted by Crippen LogP contribution is -2.00. The highest BCUT2D eigenvalue weighted by molar-refractivity contribution is 6.11. The van der Waals surface area contributed by atoms with Gasteiger partial charge in [-0.3, -0.25) is 4.79 Å². The van der Waals surface area contributed by atoms with E-state index in [2.05, 4.69) is 19.7 Å². The maximum absolute atomic E-state index is 11.5. The van der Waals surface area contributed by atoms with Crippen molar-refractivity contribution in [2.45, 2.75) is 13.8 Å². The molecule has 0 rings (SSSR count). The van der Waals surface area contributed by atoms with E-state index in [0.717, 1.165) is 5.57 Å². The zero-order chi connectivity index (χ0) is 11.1. The smallest absolute Gasteiger partial charge is 0.191 e. The lowest BCUT2D eigenvalue weighted by atomic mass is 10.1. The average molecular weight is 188 g/mol. The van der Waals surface area contributed by atoms with Crippen LogP contribution in [0.1, 0.15) is 13.8 Å². The van der Waals surface area contributed by atoms with E-state index in [1.165, 1.54) is 0 Å². The van der Waals surface area contributed by atoms with Crippen LogP contribution in [0.5, 0.6) is 0 Å². The second-order valence-corrected chi connectivity index (χ2v) is 3.06. The summed E-state index contributed by atoms with van der Waals surface area (Å²) in [4.78, 5) is 11.5. The quantitative estimate of drug-likeness (QED) is 0.477. The maximum Gasteiger partial charge on any atom is 0.191 e. The van der Waals surface area contributed by atoms with Gasteiger partial charge >= 0.3 is 0 Å². The summed E-state index contributed by atoms with van der Waals surface area (Å²) in [6.45, 7) is 14.7. The molecule has 74 valence electrons. The van der Waals surface area contributed by atoms with Crippen molar-refractivity contribution >= 4 is 5.78 Å². The number of rotatable bonds is 5. The average Bonchev–Trinajstić information content (AvgIpc) is 2.13. The molecule has 0 fully saturated rings. The summed E-state index contributed by atoms with van der Waals surface area (Å²) < 4.78 is 0. The molecule has 0 saturated carbocycles. The van der Waals surface area contributed by atoms with Crippen LogP contribution in [0.4, 0.5) is 0 Å². The van der Waals surface area contributed by atoms with E-state index < -0.39 is 0 Å². The van der Waals surface area contributed by atoms with Gasteiger partial charge in [-0.05, 0) is 13.8 Å². The maximum atomic E-state index is 11.5. The van der Waals surface area contributed by atoms with Gasteiger partial charge in [0.25, 0.3) is 0 Å². The monoisotopic (exact) mass is 188 g/mol. The Morgan fingerprint density at radius 3 is 1.93 bits per heavy atom. The summed E-state index contributed by atoms with van der Waals surface area (Å²) >= 11 is 0. The van der Waals surface area contributed by atoms with E-state index in [-0.39, 0.29) is 5.78 Å². The van der Waals surface area contributed by atoms with Crippen molar-refractivity contribution in [3.63, 3.8) is 0 Å². The van der Waals surface area contributed by atoms with E-state index in [0.29, 0.717) is 11.1 Å². The molecule has 0 amide bonds. The first kappa shape index (κ1) is 12.4. The molecular weight excluding hydrogens is 172 g/mol. The van der Waals surface area contributed by atoms with Gasteiger partial charge in [0.2, 0.25) is 0 Å². The number of Topliss-reactive ketones (excluding diaryl/α,β-unsaturated/α-hetero) is 1. The van der Waals surface area contributed by atoms with E-state index in [4.69, 9.17) is 0 Å². The molecule has 1 nitrogen and oxygen atoms in total. The van der Waals surface area contributed by atoms with E-state index in [1.54, 1.807) is 24.3 Å². The minimum absolute atomic E-state index is 0.138. The van der Waals surface area contributed by atoms with Gasteiger partial charge in [0, 0.05) is 11.1 Å². The topological polar surface area (TPSA) is 17.1 Å². The molecule has 14 heavy (non-hydrogen) atoms. The molecule has 0 N–H and O–H groups in total. The largest absolute Gasteiger partial charge is 0.289 e. The number of hydrogen-bond donors (Lipinski definition) is 0. The van der Waals surface area contributed by atoms with Crippen LogP contribution in [-0.2, 0) is 4.79 Å². The van der Waals surface area contributed by atoms with Gasteiger partial charge in [0.05, 0.1) is 0 Å². The summed E-state index contributed by atoms with van der Waals surface area (Å²) in [5.74, 6) is -0.138. The number of carbonyl (C=O) groups excluding carboxylic acids is 1. The van der Waals surface area contributed by atoms with Gasteiger partial charge in [-0.25, -0.2) is 0 Å². The predicted octanol–water partition coefficient (Wildman–Crippen LogP) is 3.38. The normalized spacial score (nSPS) is 10.7. The molecule has 0 unspecified atom stereocenters. The molecule has 0 aliphatic carbocycles. The number of allylic oxidation sites excluding steroid dienone is 7. The molecule has 0 spiro atoms. The predicted molar refractivity (Wildman–Crippen MR) is 62.1 cm³/mol.